The Kier molecular flexibility index (Phi) is 3.31. The summed E-state index contributed by atoms with van der Waals surface area (Å²) in [5, 5.41) is 0. The number of carbonyl (C=O) groups excluding carboxylic acids is 1. The fourth-order valence-corrected chi connectivity index (χ4v) is 1.64. The zero-order valence-electron chi connectivity index (χ0n) is 8.68. The summed E-state index contributed by atoms with van der Waals surface area (Å²) < 4.78 is 0. The normalized spacial score (nSPS) is 21.6. The van der Waals surface area contributed by atoms with Crippen molar-refractivity contribution in [3.05, 3.63) is 0 Å². The molecule has 76 valence electrons. The number of amides is 1. The van der Waals surface area contributed by atoms with Crippen LogP contribution < -0.4 is 5.73 Å². The van der Waals surface area contributed by atoms with Gasteiger partial charge in [-0.05, 0) is 26.2 Å². The van der Waals surface area contributed by atoms with Gasteiger partial charge in [0.2, 0.25) is 5.91 Å². The van der Waals surface area contributed by atoms with E-state index < -0.39 is 0 Å². The van der Waals surface area contributed by atoms with Crippen LogP contribution in [0.3, 0.4) is 0 Å². The summed E-state index contributed by atoms with van der Waals surface area (Å²) in [6.07, 6.45) is 3.49. The first kappa shape index (κ1) is 10.5. The molecule has 1 fully saturated rings. The quantitative estimate of drug-likeness (QED) is 0.699. The maximum Gasteiger partial charge on any atom is 0.222 e. The maximum absolute atomic E-state index is 11.5. The fraction of sp³-hybridized carbons (Fsp3) is 0.900. The zero-order valence-corrected chi connectivity index (χ0v) is 8.68. The summed E-state index contributed by atoms with van der Waals surface area (Å²) in [5.74, 6) is 0.290. The van der Waals surface area contributed by atoms with Gasteiger partial charge in [-0.1, -0.05) is 6.92 Å². The van der Waals surface area contributed by atoms with Crippen LogP contribution >= 0.6 is 0 Å². The molecule has 1 heterocycles. The highest BCUT2D eigenvalue weighted by Gasteiger charge is 2.27. The molecule has 0 bridgehead atoms. The maximum atomic E-state index is 11.5. The highest BCUT2D eigenvalue weighted by molar-refractivity contribution is 5.76. The standard InChI is InChI=1S/C10H20N2O/c1-3-4-9(13)12-7-5-10(2,11)6-8-12/h3-8,11H2,1-2H3. The number of rotatable bonds is 2. The topological polar surface area (TPSA) is 46.3 Å². The molecule has 1 saturated heterocycles. The van der Waals surface area contributed by atoms with Crippen molar-refractivity contribution < 1.29 is 4.79 Å². The highest BCUT2D eigenvalue weighted by atomic mass is 16.2. The Morgan fingerprint density at radius 2 is 2.00 bits per heavy atom. The van der Waals surface area contributed by atoms with E-state index in [1.165, 1.54) is 0 Å². The third kappa shape index (κ3) is 2.99. The van der Waals surface area contributed by atoms with Crippen LogP contribution in [0.1, 0.15) is 39.5 Å². The Labute approximate surface area is 80.3 Å². The molecule has 0 aromatic rings. The summed E-state index contributed by atoms with van der Waals surface area (Å²) in [5.41, 5.74) is 5.92. The lowest BCUT2D eigenvalue weighted by molar-refractivity contribution is -0.132. The molecule has 0 atom stereocenters. The smallest absolute Gasteiger partial charge is 0.222 e. The van der Waals surface area contributed by atoms with Crippen LogP contribution in [0.25, 0.3) is 0 Å². The summed E-state index contributed by atoms with van der Waals surface area (Å²) in [4.78, 5) is 13.4. The van der Waals surface area contributed by atoms with E-state index in [0.717, 1.165) is 32.4 Å². The fourth-order valence-electron chi connectivity index (χ4n) is 1.64. The monoisotopic (exact) mass is 184 g/mol. The molecule has 0 saturated carbocycles. The molecule has 0 aromatic carbocycles. The molecule has 0 aliphatic carbocycles. The van der Waals surface area contributed by atoms with Crippen molar-refractivity contribution in [3.8, 4) is 0 Å². The van der Waals surface area contributed by atoms with E-state index in [1.807, 2.05) is 11.8 Å². The molecule has 13 heavy (non-hydrogen) atoms. The largest absolute Gasteiger partial charge is 0.343 e. The van der Waals surface area contributed by atoms with E-state index in [0.29, 0.717) is 6.42 Å². The van der Waals surface area contributed by atoms with Crippen LogP contribution in [0.15, 0.2) is 0 Å². The second-order valence-corrected chi connectivity index (χ2v) is 4.28. The van der Waals surface area contributed by atoms with E-state index >= 15 is 0 Å². The number of hydrogen-bond acceptors (Lipinski definition) is 2. The Morgan fingerprint density at radius 3 is 2.46 bits per heavy atom. The number of nitrogens with zero attached hydrogens (tertiary/aromatic N) is 1. The average molecular weight is 184 g/mol. The number of hydrogen-bond donors (Lipinski definition) is 1. The van der Waals surface area contributed by atoms with Gasteiger partial charge in [-0.25, -0.2) is 0 Å². The van der Waals surface area contributed by atoms with Gasteiger partial charge in [0.15, 0.2) is 0 Å². The van der Waals surface area contributed by atoms with Crippen LogP contribution in [-0.2, 0) is 4.79 Å². The molecule has 2 N–H and O–H groups in total. The number of likely N-dealkylation sites (tertiary alicyclic amines) is 1. The first-order chi connectivity index (χ1) is 6.05. The first-order valence-corrected chi connectivity index (χ1v) is 5.12. The molecule has 1 aliphatic rings. The Bertz CT molecular complexity index is 179. The van der Waals surface area contributed by atoms with Crippen molar-refractivity contribution in [3.63, 3.8) is 0 Å². The molecular formula is C10H20N2O. The molecule has 1 aliphatic heterocycles. The summed E-state index contributed by atoms with van der Waals surface area (Å²) in [6, 6.07) is 0. The minimum Gasteiger partial charge on any atom is -0.343 e. The predicted molar refractivity (Wildman–Crippen MR) is 53.3 cm³/mol. The minimum absolute atomic E-state index is 0.0526. The third-order valence-corrected chi connectivity index (χ3v) is 2.72. The number of carbonyl (C=O) groups is 1. The van der Waals surface area contributed by atoms with Crippen LogP contribution in [0.2, 0.25) is 0 Å². The molecule has 3 nitrogen and oxygen atoms in total. The van der Waals surface area contributed by atoms with Crippen LogP contribution in [0.4, 0.5) is 0 Å². The summed E-state index contributed by atoms with van der Waals surface area (Å²) >= 11 is 0. The first-order valence-electron chi connectivity index (χ1n) is 5.12. The van der Waals surface area contributed by atoms with Gasteiger partial charge in [0.25, 0.3) is 0 Å². The van der Waals surface area contributed by atoms with Crippen LogP contribution in [0.5, 0.6) is 0 Å². The molecule has 0 aromatic heterocycles. The van der Waals surface area contributed by atoms with Crippen molar-refractivity contribution in [1.82, 2.24) is 4.90 Å². The van der Waals surface area contributed by atoms with Crippen molar-refractivity contribution in [2.45, 2.75) is 45.1 Å². The highest BCUT2D eigenvalue weighted by Crippen LogP contribution is 2.19. The van der Waals surface area contributed by atoms with Gasteiger partial charge in [0.1, 0.15) is 0 Å². The van der Waals surface area contributed by atoms with E-state index in [2.05, 4.69) is 6.92 Å². The van der Waals surface area contributed by atoms with E-state index in [9.17, 15) is 4.79 Å². The lowest BCUT2D eigenvalue weighted by atomic mass is 9.91. The molecule has 0 radical (unpaired) electrons. The lowest BCUT2D eigenvalue weighted by Crippen LogP contribution is -2.49. The van der Waals surface area contributed by atoms with Crippen molar-refractivity contribution >= 4 is 5.91 Å². The second-order valence-electron chi connectivity index (χ2n) is 4.28. The van der Waals surface area contributed by atoms with E-state index in [4.69, 9.17) is 5.73 Å². The van der Waals surface area contributed by atoms with Crippen LogP contribution in [-0.4, -0.2) is 29.4 Å². The second kappa shape index (κ2) is 4.09. The Hall–Kier alpha value is -0.570. The van der Waals surface area contributed by atoms with Gasteiger partial charge < -0.3 is 10.6 Å². The molecule has 3 heteroatoms. The summed E-state index contributed by atoms with van der Waals surface area (Å²) in [7, 11) is 0. The van der Waals surface area contributed by atoms with Crippen molar-refractivity contribution in [1.29, 1.82) is 0 Å². The predicted octanol–water partition coefficient (Wildman–Crippen LogP) is 1.13. The van der Waals surface area contributed by atoms with E-state index in [-0.39, 0.29) is 11.4 Å². The molecule has 1 amide bonds. The van der Waals surface area contributed by atoms with Crippen LogP contribution in [0, 0.1) is 0 Å². The van der Waals surface area contributed by atoms with Gasteiger partial charge in [0.05, 0.1) is 0 Å². The minimum atomic E-state index is -0.0526. The van der Waals surface area contributed by atoms with Crippen molar-refractivity contribution in [2.24, 2.45) is 5.73 Å². The van der Waals surface area contributed by atoms with E-state index in [1.54, 1.807) is 0 Å². The summed E-state index contributed by atoms with van der Waals surface area (Å²) in [6.45, 7) is 5.78. The number of piperidine rings is 1. The van der Waals surface area contributed by atoms with Crippen molar-refractivity contribution in [2.75, 3.05) is 13.1 Å². The Balaban J connectivity index is 2.36. The van der Waals surface area contributed by atoms with Gasteiger partial charge in [-0.3, -0.25) is 4.79 Å². The van der Waals surface area contributed by atoms with Gasteiger partial charge in [0, 0.05) is 25.0 Å². The van der Waals surface area contributed by atoms with Gasteiger partial charge in [-0.15, -0.1) is 0 Å². The lowest BCUT2D eigenvalue weighted by Gasteiger charge is -2.36. The average Bonchev–Trinajstić information content (AvgIpc) is 2.04. The van der Waals surface area contributed by atoms with Gasteiger partial charge in [-0.2, -0.15) is 0 Å². The third-order valence-electron chi connectivity index (χ3n) is 2.72. The SMILES string of the molecule is CCCC(=O)N1CCC(C)(N)CC1. The number of nitrogens with two attached hydrogens (primary N) is 1. The molecule has 0 unspecified atom stereocenters. The zero-order chi connectivity index (χ0) is 9.90. The molecular weight excluding hydrogens is 164 g/mol. The van der Waals surface area contributed by atoms with Gasteiger partial charge >= 0.3 is 0 Å². The molecule has 0 spiro atoms. The Morgan fingerprint density at radius 1 is 1.46 bits per heavy atom. The molecule has 1 rings (SSSR count).